The summed E-state index contributed by atoms with van der Waals surface area (Å²) < 4.78 is 16.2. The third kappa shape index (κ3) is 6.84. The molecular weight excluding hydrogens is 376 g/mol. The third-order valence-electron chi connectivity index (χ3n) is 3.66. The highest BCUT2D eigenvalue weighted by atomic mass is 16.6. The van der Waals surface area contributed by atoms with E-state index in [1.54, 1.807) is 61.5 Å². The molecule has 154 valence electrons. The fourth-order valence-electron chi connectivity index (χ4n) is 2.43. The summed E-state index contributed by atoms with van der Waals surface area (Å²) in [6, 6.07) is 14.7. The topological polar surface area (TPSA) is 103 Å². The second-order valence-corrected chi connectivity index (χ2v) is 5.80. The zero-order valence-corrected chi connectivity index (χ0v) is 16.3. The Morgan fingerprint density at radius 1 is 0.897 bits per heavy atom. The minimum atomic E-state index is -1.29. The van der Waals surface area contributed by atoms with Gasteiger partial charge in [-0.1, -0.05) is 42.5 Å². The first kappa shape index (κ1) is 21.7. The number of carbonyl (C=O) groups excluding carboxylic acids is 3. The monoisotopic (exact) mass is 400 g/mol. The normalized spacial score (nSPS) is 11.1. The van der Waals surface area contributed by atoms with Crippen LogP contribution < -0.4 is 20.1 Å². The number of hydrogen-bond acceptors (Lipinski definition) is 6. The quantitative estimate of drug-likeness (QED) is 0.627. The van der Waals surface area contributed by atoms with Gasteiger partial charge >= 0.3 is 12.0 Å². The highest BCUT2D eigenvalue weighted by Gasteiger charge is 2.26. The molecule has 0 saturated heterocycles. The van der Waals surface area contributed by atoms with E-state index in [0.717, 1.165) is 0 Å². The molecule has 1 atom stereocenters. The molecule has 0 spiro atoms. The van der Waals surface area contributed by atoms with Gasteiger partial charge in [-0.25, -0.2) is 9.59 Å². The fraction of sp³-hybridized carbons (Fsp3) is 0.286. The van der Waals surface area contributed by atoms with Crippen molar-refractivity contribution in [3.05, 3.63) is 60.2 Å². The molecule has 0 radical (unpaired) electrons. The van der Waals surface area contributed by atoms with Gasteiger partial charge in [0, 0.05) is 12.1 Å². The number of urea groups is 1. The van der Waals surface area contributed by atoms with Gasteiger partial charge in [-0.2, -0.15) is 0 Å². The Labute approximate surface area is 169 Å². The summed E-state index contributed by atoms with van der Waals surface area (Å²) in [5.74, 6) is -0.646. The standard InChI is InChI=1S/C21H24N2O6/c1-3-22-21(26)23-20(25)19(15-10-6-5-7-11-15)29-18(24)14-28-17-13-9-8-12-16(17)27-4-2/h5-13,19H,3-4,14H2,1-2H3,(H2,22,23,25,26)/t19-/m1/s1. The number of imide groups is 1. The molecule has 8 nitrogen and oxygen atoms in total. The first-order valence-electron chi connectivity index (χ1n) is 9.22. The maximum Gasteiger partial charge on any atom is 0.345 e. The van der Waals surface area contributed by atoms with Gasteiger partial charge in [0.2, 0.25) is 6.10 Å². The lowest BCUT2D eigenvalue weighted by Crippen LogP contribution is -2.42. The van der Waals surface area contributed by atoms with E-state index in [2.05, 4.69) is 10.6 Å². The van der Waals surface area contributed by atoms with E-state index in [1.165, 1.54) is 0 Å². The van der Waals surface area contributed by atoms with Crippen molar-refractivity contribution in [3.63, 3.8) is 0 Å². The van der Waals surface area contributed by atoms with Gasteiger partial charge in [-0.05, 0) is 26.0 Å². The van der Waals surface area contributed by atoms with Crippen LogP contribution in [0.5, 0.6) is 11.5 Å². The number of carbonyl (C=O) groups is 3. The van der Waals surface area contributed by atoms with Crippen LogP contribution in [0.2, 0.25) is 0 Å². The summed E-state index contributed by atoms with van der Waals surface area (Å²) in [4.78, 5) is 36.4. The maximum atomic E-state index is 12.5. The Morgan fingerprint density at radius 2 is 1.52 bits per heavy atom. The average molecular weight is 400 g/mol. The number of para-hydroxylation sites is 2. The third-order valence-corrected chi connectivity index (χ3v) is 3.66. The SMILES string of the molecule is CCNC(=O)NC(=O)[C@H](OC(=O)COc1ccccc1OCC)c1ccccc1. The molecule has 0 aliphatic carbocycles. The van der Waals surface area contributed by atoms with Crippen molar-refractivity contribution in [2.45, 2.75) is 20.0 Å². The number of amides is 3. The predicted molar refractivity (Wildman–Crippen MR) is 106 cm³/mol. The average Bonchev–Trinajstić information content (AvgIpc) is 2.72. The summed E-state index contributed by atoms with van der Waals surface area (Å²) in [7, 11) is 0. The van der Waals surface area contributed by atoms with Crippen LogP contribution in [-0.2, 0) is 14.3 Å². The molecule has 2 N–H and O–H groups in total. The van der Waals surface area contributed by atoms with Gasteiger partial charge in [0.05, 0.1) is 6.61 Å². The van der Waals surface area contributed by atoms with Crippen molar-refractivity contribution in [2.24, 2.45) is 0 Å². The van der Waals surface area contributed by atoms with Gasteiger partial charge in [0.1, 0.15) is 0 Å². The fourth-order valence-corrected chi connectivity index (χ4v) is 2.43. The maximum absolute atomic E-state index is 12.5. The molecule has 3 amide bonds. The molecule has 0 aliphatic rings. The molecule has 0 saturated carbocycles. The van der Waals surface area contributed by atoms with Crippen LogP contribution >= 0.6 is 0 Å². The van der Waals surface area contributed by atoms with Crippen molar-refractivity contribution in [3.8, 4) is 11.5 Å². The second-order valence-electron chi connectivity index (χ2n) is 5.80. The van der Waals surface area contributed by atoms with Crippen LogP contribution in [-0.4, -0.2) is 37.7 Å². The molecule has 2 aromatic rings. The predicted octanol–water partition coefficient (Wildman–Crippen LogP) is 2.59. The zero-order chi connectivity index (χ0) is 21.1. The lowest BCUT2D eigenvalue weighted by Gasteiger charge is -2.18. The number of rotatable bonds is 9. The Morgan fingerprint density at radius 3 is 2.14 bits per heavy atom. The van der Waals surface area contributed by atoms with E-state index in [-0.39, 0.29) is 0 Å². The van der Waals surface area contributed by atoms with E-state index in [0.29, 0.717) is 30.2 Å². The number of ether oxygens (including phenoxy) is 3. The van der Waals surface area contributed by atoms with Crippen molar-refractivity contribution in [1.82, 2.24) is 10.6 Å². The highest BCUT2D eigenvalue weighted by Crippen LogP contribution is 2.26. The van der Waals surface area contributed by atoms with E-state index in [9.17, 15) is 14.4 Å². The van der Waals surface area contributed by atoms with Gasteiger partial charge in [0.25, 0.3) is 5.91 Å². The van der Waals surface area contributed by atoms with E-state index >= 15 is 0 Å². The van der Waals surface area contributed by atoms with Crippen molar-refractivity contribution < 1.29 is 28.6 Å². The molecular formula is C21H24N2O6. The molecule has 2 rings (SSSR count). The summed E-state index contributed by atoms with van der Waals surface area (Å²) in [6.45, 7) is 3.92. The van der Waals surface area contributed by atoms with Gasteiger partial charge < -0.3 is 19.5 Å². The summed E-state index contributed by atoms with van der Waals surface area (Å²) >= 11 is 0. The first-order valence-corrected chi connectivity index (χ1v) is 9.22. The summed E-state index contributed by atoms with van der Waals surface area (Å²) in [5.41, 5.74) is 0.428. The van der Waals surface area contributed by atoms with E-state index < -0.39 is 30.6 Å². The van der Waals surface area contributed by atoms with Crippen molar-refractivity contribution in [1.29, 1.82) is 0 Å². The van der Waals surface area contributed by atoms with Crippen LogP contribution in [0.25, 0.3) is 0 Å². The van der Waals surface area contributed by atoms with Crippen LogP contribution in [0.1, 0.15) is 25.5 Å². The molecule has 0 unspecified atom stereocenters. The summed E-state index contributed by atoms with van der Waals surface area (Å²) in [6.07, 6.45) is -1.29. The van der Waals surface area contributed by atoms with Crippen LogP contribution in [0.3, 0.4) is 0 Å². The molecule has 0 fully saturated rings. The Kier molecular flexibility index (Phi) is 8.50. The first-order chi connectivity index (χ1) is 14.0. The molecule has 0 bridgehead atoms. The molecule has 0 aliphatic heterocycles. The smallest absolute Gasteiger partial charge is 0.345 e. The van der Waals surface area contributed by atoms with Gasteiger partial charge in [-0.15, -0.1) is 0 Å². The van der Waals surface area contributed by atoms with E-state index in [4.69, 9.17) is 14.2 Å². The lowest BCUT2D eigenvalue weighted by atomic mass is 10.1. The zero-order valence-electron chi connectivity index (χ0n) is 16.3. The van der Waals surface area contributed by atoms with Crippen LogP contribution in [0.4, 0.5) is 4.79 Å². The second kappa shape index (κ2) is 11.3. The van der Waals surface area contributed by atoms with Gasteiger partial charge in [-0.3, -0.25) is 10.1 Å². The molecule has 29 heavy (non-hydrogen) atoms. The minimum absolute atomic E-state index is 0.349. The Balaban J connectivity index is 2.05. The number of esters is 1. The minimum Gasteiger partial charge on any atom is -0.490 e. The van der Waals surface area contributed by atoms with Gasteiger partial charge in [0.15, 0.2) is 18.1 Å². The highest BCUT2D eigenvalue weighted by molar-refractivity contribution is 5.97. The number of nitrogens with one attached hydrogen (secondary N) is 2. The van der Waals surface area contributed by atoms with Crippen LogP contribution in [0, 0.1) is 0 Å². The number of hydrogen-bond donors (Lipinski definition) is 2. The largest absolute Gasteiger partial charge is 0.490 e. The summed E-state index contributed by atoms with van der Waals surface area (Å²) in [5, 5.41) is 4.61. The molecule has 8 heteroatoms. The molecule has 0 heterocycles. The molecule has 2 aromatic carbocycles. The Bertz CT molecular complexity index is 825. The van der Waals surface area contributed by atoms with Crippen molar-refractivity contribution >= 4 is 17.9 Å². The lowest BCUT2D eigenvalue weighted by molar-refractivity contribution is -0.158. The molecule has 0 aromatic heterocycles. The van der Waals surface area contributed by atoms with Crippen molar-refractivity contribution in [2.75, 3.05) is 19.8 Å². The Hall–Kier alpha value is -3.55. The van der Waals surface area contributed by atoms with E-state index in [1.807, 2.05) is 6.92 Å². The van der Waals surface area contributed by atoms with Crippen LogP contribution in [0.15, 0.2) is 54.6 Å². The number of benzene rings is 2.